The zero-order chi connectivity index (χ0) is 21.6. The van der Waals surface area contributed by atoms with Crippen molar-refractivity contribution in [2.45, 2.75) is 46.6 Å². The van der Waals surface area contributed by atoms with Crippen LogP contribution in [0.2, 0.25) is 0 Å². The van der Waals surface area contributed by atoms with E-state index in [0.717, 1.165) is 11.3 Å². The summed E-state index contributed by atoms with van der Waals surface area (Å²) in [5.74, 6) is -1.78. The first kappa shape index (κ1) is 22.3. The molecular formula is C22H28N2O5. The minimum Gasteiger partial charge on any atom is -0.467 e. The van der Waals surface area contributed by atoms with Gasteiger partial charge in [-0.1, -0.05) is 45.4 Å². The number of hydrogen-bond donors (Lipinski definition) is 1. The molecule has 2 aromatic rings. The SMILES string of the molecule is CCc1nc2ccccc2c(C(=O)OCC(=O)N[C@H](C(=O)OC)[C@H](C)CC)c1C. The minimum absolute atomic E-state index is 0.111. The lowest BCUT2D eigenvalue weighted by molar-refractivity contribution is -0.147. The molecule has 1 heterocycles. The predicted molar refractivity (Wildman–Crippen MR) is 110 cm³/mol. The highest BCUT2D eigenvalue weighted by Gasteiger charge is 2.27. The maximum Gasteiger partial charge on any atom is 0.339 e. The summed E-state index contributed by atoms with van der Waals surface area (Å²) in [6.07, 6.45) is 1.36. The van der Waals surface area contributed by atoms with Crippen molar-refractivity contribution in [3.05, 3.63) is 41.1 Å². The third-order valence-corrected chi connectivity index (χ3v) is 5.09. The first-order chi connectivity index (χ1) is 13.8. The van der Waals surface area contributed by atoms with E-state index < -0.39 is 30.5 Å². The molecule has 0 fully saturated rings. The molecule has 1 aromatic carbocycles. The smallest absolute Gasteiger partial charge is 0.339 e. The zero-order valence-corrected chi connectivity index (χ0v) is 17.6. The number of amides is 1. The van der Waals surface area contributed by atoms with Gasteiger partial charge in [0, 0.05) is 11.1 Å². The topological polar surface area (TPSA) is 94.6 Å². The van der Waals surface area contributed by atoms with Gasteiger partial charge in [0.25, 0.3) is 5.91 Å². The Balaban J connectivity index is 2.18. The third-order valence-electron chi connectivity index (χ3n) is 5.09. The monoisotopic (exact) mass is 400 g/mol. The summed E-state index contributed by atoms with van der Waals surface area (Å²) >= 11 is 0. The molecule has 156 valence electrons. The summed E-state index contributed by atoms with van der Waals surface area (Å²) in [6, 6.07) is 6.54. The summed E-state index contributed by atoms with van der Waals surface area (Å²) in [4.78, 5) is 41.6. The molecule has 29 heavy (non-hydrogen) atoms. The molecule has 1 aromatic heterocycles. The molecule has 7 nitrogen and oxygen atoms in total. The molecule has 0 aliphatic carbocycles. The summed E-state index contributed by atoms with van der Waals surface area (Å²) in [5.41, 5.74) is 2.66. The van der Waals surface area contributed by atoms with Crippen LogP contribution in [0.1, 0.15) is 48.8 Å². The Morgan fingerprint density at radius 2 is 1.86 bits per heavy atom. The molecule has 0 bridgehead atoms. The molecule has 0 unspecified atom stereocenters. The molecule has 0 aliphatic heterocycles. The fourth-order valence-corrected chi connectivity index (χ4v) is 3.18. The Hall–Kier alpha value is -2.96. The van der Waals surface area contributed by atoms with Gasteiger partial charge in [0.2, 0.25) is 0 Å². The number of carbonyl (C=O) groups is 3. The van der Waals surface area contributed by atoms with E-state index in [-0.39, 0.29) is 5.92 Å². The second-order valence-corrected chi connectivity index (χ2v) is 6.96. The van der Waals surface area contributed by atoms with Crippen molar-refractivity contribution in [2.24, 2.45) is 5.92 Å². The predicted octanol–water partition coefficient (Wildman–Crippen LogP) is 2.97. The maximum absolute atomic E-state index is 12.8. The van der Waals surface area contributed by atoms with Gasteiger partial charge in [-0.2, -0.15) is 0 Å². The molecule has 7 heteroatoms. The number of aryl methyl sites for hydroxylation is 1. The van der Waals surface area contributed by atoms with Gasteiger partial charge in [-0.05, 0) is 30.9 Å². The van der Waals surface area contributed by atoms with Gasteiger partial charge < -0.3 is 14.8 Å². The quantitative estimate of drug-likeness (QED) is 0.685. The van der Waals surface area contributed by atoms with E-state index in [9.17, 15) is 14.4 Å². The number of ether oxygens (including phenoxy) is 2. The molecule has 0 aliphatic rings. The van der Waals surface area contributed by atoms with Crippen molar-refractivity contribution in [2.75, 3.05) is 13.7 Å². The van der Waals surface area contributed by atoms with Crippen LogP contribution in [0.4, 0.5) is 0 Å². The van der Waals surface area contributed by atoms with E-state index in [4.69, 9.17) is 9.47 Å². The van der Waals surface area contributed by atoms with E-state index in [1.165, 1.54) is 7.11 Å². The number of rotatable bonds is 8. The van der Waals surface area contributed by atoms with Crippen LogP contribution in [0.3, 0.4) is 0 Å². The van der Waals surface area contributed by atoms with E-state index >= 15 is 0 Å². The summed E-state index contributed by atoms with van der Waals surface area (Å²) in [6.45, 7) is 7.06. The van der Waals surface area contributed by atoms with Gasteiger partial charge in [0.1, 0.15) is 6.04 Å². The number of aromatic nitrogens is 1. The Morgan fingerprint density at radius 1 is 1.17 bits per heavy atom. The number of pyridine rings is 1. The van der Waals surface area contributed by atoms with Crippen LogP contribution in [0.25, 0.3) is 10.9 Å². The number of benzene rings is 1. The van der Waals surface area contributed by atoms with Gasteiger partial charge in [-0.25, -0.2) is 9.59 Å². The van der Waals surface area contributed by atoms with E-state index in [1.54, 1.807) is 0 Å². The van der Waals surface area contributed by atoms with Crippen LogP contribution in [0, 0.1) is 12.8 Å². The van der Waals surface area contributed by atoms with Crippen molar-refractivity contribution >= 4 is 28.7 Å². The average Bonchev–Trinajstić information content (AvgIpc) is 2.74. The number of nitrogens with one attached hydrogen (secondary N) is 1. The Bertz CT molecular complexity index is 909. The van der Waals surface area contributed by atoms with Crippen LogP contribution in [-0.4, -0.2) is 42.6 Å². The second-order valence-electron chi connectivity index (χ2n) is 6.96. The first-order valence-electron chi connectivity index (χ1n) is 9.76. The number of fused-ring (bicyclic) bond motifs is 1. The number of nitrogens with zero attached hydrogens (tertiary/aromatic N) is 1. The second kappa shape index (κ2) is 10.0. The van der Waals surface area contributed by atoms with Crippen molar-refractivity contribution < 1.29 is 23.9 Å². The molecule has 1 N–H and O–H groups in total. The fraction of sp³-hybridized carbons (Fsp3) is 0.455. The summed E-state index contributed by atoms with van der Waals surface area (Å²) < 4.78 is 10.0. The Labute approximate surface area is 170 Å². The maximum atomic E-state index is 12.8. The van der Waals surface area contributed by atoms with Gasteiger partial charge >= 0.3 is 11.9 Å². The van der Waals surface area contributed by atoms with Crippen LogP contribution in [0.15, 0.2) is 24.3 Å². The average molecular weight is 400 g/mol. The standard InChI is InChI=1S/C22H28N2O5/c1-6-13(3)20(22(27)28-5)24-18(25)12-29-21(26)19-14(4)16(7-2)23-17-11-9-8-10-15(17)19/h8-11,13,20H,6-7,12H2,1-5H3,(H,24,25)/t13-,20+/m1/s1. The lowest BCUT2D eigenvalue weighted by atomic mass is 9.99. The Morgan fingerprint density at radius 3 is 2.48 bits per heavy atom. The highest BCUT2D eigenvalue weighted by Crippen LogP contribution is 2.24. The summed E-state index contributed by atoms with van der Waals surface area (Å²) in [5, 5.41) is 3.28. The highest BCUT2D eigenvalue weighted by molar-refractivity contribution is 6.05. The normalized spacial score (nSPS) is 12.9. The molecular weight excluding hydrogens is 372 g/mol. The number of para-hydroxylation sites is 1. The zero-order valence-electron chi connectivity index (χ0n) is 17.6. The summed E-state index contributed by atoms with van der Waals surface area (Å²) in [7, 11) is 1.27. The molecule has 0 radical (unpaired) electrons. The van der Waals surface area contributed by atoms with Crippen molar-refractivity contribution in [1.82, 2.24) is 10.3 Å². The van der Waals surface area contributed by atoms with Gasteiger partial charge in [-0.15, -0.1) is 0 Å². The number of esters is 2. The lowest BCUT2D eigenvalue weighted by Crippen LogP contribution is -2.47. The van der Waals surface area contributed by atoms with E-state index in [1.807, 2.05) is 52.0 Å². The highest BCUT2D eigenvalue weighted by atomic mass is 16.5. The van der Waals surface area contributed by atoms with Gasteiger partial charge in [0.15, 0.2) is 6.61 Å². The molecule has 1 amide bonds. The van der Waals surface area contributed by atoms with E-state index in [2.05, 4.69) is 10.3 Å². The molecule has 2 atom stereocenters. The third kappa shape index (κ3) is 5.10. The number of hydrogen-bond acceptors (Lipinski definition) is 6. The van der Waals surface area contributed by atoms with Gasteiger partial charge in [-0.3, -0.25) is 9.78 Å². The fourth-order valence-electron chi connectivity index (χ4n) is 3.18. The van der Waals surface area contributed by atoms with E-state index in [0.29, 0.717) is 29.3 Å². The van der Waals surface area contributed by atoms with Crippen LogP contribution in [-0.2, 0) is 25.5 Å². The van der Waals surface area contributed by atoms with Crippen molar-refractivity contribution in [3.8, 4) is 0 Å². The molecule has 0 saturated carbocycles. The van der Waals surface area contributed by atoms with Crippen LogP contribution >= 0.6 is 0 Å². The van der Waals surface area contributed by atoms with Crippen molar-refractivity contribution in [3.63, 3.8) is 0 Å². The van der Waals surface area contributed by atoms with Crippen molar-refractivity contribution in [1.29, 1.82) is 0 Å². The molecule has 0 saturated heterocycles. The molecule has 0 spiro atoms. The lowest BCUT2D eigenvalue weighted by Gasteiger charge is -2.21. The number of carbonyl (C=O) groups excluding carboxylic acids is 3. The Kier molecular flexibility index (Phi) is 7.70. The van der Waals surface area contributed by atoms with Crippen LogP contribution < -0.4 is 5.32 Å². The van der Waals surface area contributed by atoms with Crippen LogP contribution in [0.5, 0.6) is 0 Å². The largest absolute Gasteiger partial charge is 0.467 e. The first-order valence-corrected chi connectivity index (χ1v) is 9.76. The minimum atomic E-state index is -0.786. The van der Waals surface area contributed by atoms with Gasteiger partial charge in [0.05, 0.1) is 18.2 Å². The number of methoxy groups -OCH3 is 1. The molecule has 2 rings (SSSR count).